The third-order valence-corrected chi connectivity index (χ3v) is 9.05. The Bertz CT molecular complexity index is 1150. The van der Waals surface area contributed by atoms with Crippen LogP contribution in [-0.2, 0) is 24.8 Å². The third-order valence-electron chi connectivity index (χ3n) is 5.16. The van der Waals surface area contributed by atoms with Gasteiger partial charge in [-0.25, -0.2) is 21.6 Å². The number of halogens is 1. The van der Waals surface area contributed by atoms with E-state index in [9.17, 15) is 21.6 Å². The molecule has 1 fully saturated rings. The Kier molecular flexibility index (Phi) is 8.10. The van der Waals surface area contributed by atoms with E-state index < -0.39 is 20.0 Å². The molecule has 3 rings (SSSR count). The molecule has 0 spiro atoms. The van der Waals surface area contributed by atoms with Crippen LogP contribution in [-0.4, -0.2) is 46.7 Å². The number of sulfonamides is 2. The van der Waals surface area contributed by atoms with Crippen molar-refractivity contribution in [3.8, 4) is 0 Å². The number of carbonyl (C=O) groups is 1. The number of benzene rings is 2. The maximum absolute atomic E-state index is 12.8. The number of piperidine rings is 1. The summed E-state index contributed by atoms with van der Waals surface area (Å²) in [7, 11) is -7.26. The lowest BCUT2D eigenvalue weighted by Crippen LogP contribution is -2.39. The van der Waals surface area contributed by atoms with E-state index in [2.05, 4.69) is 26.0 Å². The third kappa shape index (κ3) is 6.38. The molecular weight excluding hydrogens is 518 g/mol. The second-order valence-corrected chi connectivity index (χ2v) is 12.4. The molecule has 1 aliphatic heterocycles. The van der Waals surface area contributed by atoms with Gasteiger partial charge in [0, 0.05) is 36.2 Å². The van der Waals surface area contributed by atoms with Gasteiger partial charge in [-0.2, -0.15) is 4.31 Å². The van der Waals surface area contributed by atoms with Crippen LogP contribution in [0, 0.1) is 5.92 Å². The number of nitrogens with zero attached hydrogens (tertiary/aromatic N) is 1. The van der Waals surface area contributed by atoms with Gasteiger partial charge in [-0.05, 0) is 67.3 Å². The molecule has 1 atom stereocenters. The van der Waals surface area contributed by atoms with Crippen LogP contribution in [0.15, 0.2) is 62.8 Å². The average molecular weight is 544 g/mol. The zero-order chi connectivity index (χ0) is 23.4. The minimum Gasteiger partial charge on any atom is -0.326 e. The van der Waals surface area contributed by atoms with Crippen LogP contribution in [0.25, 0.3) is 0 Å². The topological polar surface area (TPSA) is 113 Å². The maximum Gasteiger partial charge on any atom is 0.243 e. The van der Waals surface area contributed by atoms with Gasteiger partial charge in [0.25, 0.3) is 0 Å². The molecule has 2 aromatic rings. The van der Waals surface area contributed by atoms with Crippen molar-refractivity contribution in [2.45, 2.75) is 36.0 Å². The molecule has 174 valence electrons. The predicted octanol–water partition coefficient (Wildman–Crippen LogP) is 3.18. The van der Waals surface area contributed by atoms with E-state index >= 15 is 0 Å². The Morgan fingerprint density at radius 1 is 1.03 bits per heavy atom. The number of carbonyl (C=O) groups excluding carboxylic acids is 1. The minimum atomic E-state index is -3.70. The summed E-state index contributed by atoms with van der Waals surface area (Å²) in [6.07, 6.45) is 1.80. The van der Waals surface area contributed by atoms with Crippen LogP contribution in [0.3, 0.4) is 0 Å². The molecule has 1 unspecified atom stereocenters. The smallest absolute Gasteiger partial charge is 0.243 e. The molecule has 0 bridgehead atoms. The summed E-state index contributed by atoms with van der Waals surface area (Å²) < 4.78 is 54.8. The summed E-state index contributed by atoms with van der Waals surface area (Å²) in [5.41, 5.74) is 0.441. The van der Waals surface area contributed by atoms with Gasteiger partial charge in [0.2, 0.25) is 26.0 Å². The van der Waals surface area contributed by atoms with Crippen molar-refractivity contribution in [3.63, 3.8) is 0 Å². The summed E-state index contributed by atoms with van der Waals surface area (Å²) in [5, 5.41) is 2.65. The van der Waals surface area contributed by atoms with Crippen LogP contribution in [0.5, 0.6) is 0 Å². The quantitative estimate of drug-likeness (QED) is 0.530. The number of nitrogens with one attached hydrogen (secondary N) is 2. The molecule has 2 aromatic carbocycles. The van der Waals surface area contributed by atoms with Crippen molar-refractivity contribution in [2.24, 2.45) is 5.92 Å². The van der Waals surface area contributed by atoms with Crippen LogP contribution >= 0.6 is 15.9 Å². The molecule has 11 heteroatoms. The lowest BCUT2D eigenvalue weighted by Gasteiger charge is -2.30. The zero-order valence-corrected chi connectivity index (χ0v) is 20.8. The van der Waals surface area contributed by atoms with E-state index in [0.717, 1.165) is 17.3 Å². The fourth-order valence-corrected chi connectivity index (χ4v) is 6.34. The standard InChI is InChI=1S/C21H26BrN3O5S2/c1-16-3-2-14-25(15-16)32(29,30)20-10-6-18(7-11-20)24-21(26)12-13-23-31(27,28)19-8-4-17(22)5-9-19/h4-11,16,23H,2-3,12-15H2,1H3,(H,24,26). The van der Waals surface area contributed by atoms with Crippen molar-refractivity contribution >= 4 is 47.6 Å². The van der Waals surface area contributed by atoms with Crippen molar-refractivity contribution in [1.82, 2.24) is 9.03 Å². The summed E-state index contributed by atoms with van der Waals surface area (Å²) >= 11 is 3.25. The fourth-order valence-electron chi connectivity index (χ4n) is 3.44. The molecule has 1 saturated heterocycles. The highest BCUT2D eigenvalue weighted by atomic mass is 79.9. The number of hydrogen-bond acceptors (Lipinski definition) is 5. The Hall–Kier alpha value is -1.79. The molecule has 0 saturated carbocycles. The van der Waals surface area contributed by atoms with E-state index in [1.165, 1.54) is 40.7 Å². The molecule has 0 aromatic heterocycles. The molecule has 2 N–H and O–H groups in total. The first kappa shape index (κ1) is 24.8. The van der Waals surface area contributed by atoms with Gasteiger partial charge in [0.15, 0.2) is 0 Å². The lowest BCUT2D eigenvalue weighted by molar-refractivity contribution is -0.116. The van der Waals surface area contributed by atoms with Gasteiger partial charge in [0.05, 0.1) is 9.79 Å². The molecule has 1 heterocycles. The normalized spacial score (nSPS) is 17.8. The highest BCUT2D eigenvalue weighted by Crippen LogP contribution is 2.24. The maximum atomic E-state index is 12.8. The largest absolute Gasteiger partial charge is 0.326 e. The van der Waals surface area contributed by atoms with E-state index in [-0.39, 0.29) is 28.7 Å². The molecule has 32 heavy (non-hydrogen) atoms. The first-order valence-electron chi connectivity index (χ1n) is 10.2. The Balaban J connectivity index is 1.53. The van der Waals surface area contributed by atoms with Crippen molar-refractivity contribution in [3.05, 3.63) is 53.0 Å². The molecule has 0 aliphatic carbocycles. The van der Waals surface area contributed by atoms with Crippen molar-refractivity contribution in [1.29, 1.82) is 0 Å². The predicted molar refractivity (Wildman–Crippen MR) is 126 cm³/mol. The van der Waals surface area contributed by atoms with Gasteiger partial charge < -0.3 is 5.32 Å². The van der Waals surface area contributed by atoms with Gasteiger partial charge in [-0.3, -0.25) is 4.79 Å². The summed E-state index contributed by atoms with van der Waals surface area (Å²) in [6.45, 7) is 3.00. The van der Waals surface area contributed by atoms with Crippen LogP contribution < -0.4 is 10.0 Å². The molecule has 1 amide bonds. The van der Waals surface area contributed by atoms with Crippen LogP contribution in [0.4, 0.5) is 5.69 Å². The Morgan fingerprint density at radius 3 is 2.28 bits per heavy atom. The van der Waals surface area contributed by atoms with Crippen LogP contribution in [0.2, 0.25) is 0 Å². The Morgan fingerprint density at radius 2 is 1.66 bits per heavy atom. The summed E-state index contributed by atoms with van der Waals surface area (Å²) in [5.74, 6) is -0.0535. The van der Waals surface area contributed by atoms with Gasteiger partial charge in [-0.15, -0.1) is 0 Å². The number of anilines is 1. The second-order valence-electron chi connectivity index (χ2n) is 7.78. The van der Waals surface area contributed by atoms with Crippen LogP contribution in [0.1, 0.15) is 26.2 Å². The minimum absolute atomic E-state index is 0.0656. The monoisotopic (exact) mass is 543 g/mol. The highest BCUT2D eigenvalue weighted by Gasteiger charge is 2.28. The van der Waals surface area contributed by atoms with Gasteiger partial charge >= 0.3 is 0 Å². The molecule has 0 radical (unpaired) electrons. The van der Waals surface area contributed by atoms with E-state index in [1.54, 1.807) is 12.1 Å². The van der Waals surface area contributed by atoms with Gasteiger partial charge in [-0.1, -0.05) is 22.9 Å². The first-order valence-corrected chi connectivity index (χ1v) is 13.9. The van der Waals surface area contributed by atoms with E-state index in [4.69, 9.17) is 0 Å². The summed E-state index contributed by atoms with van der Waals surface area (Å²) in [6, 6.07) is 12.2. The highest BCUT2D eigenvalue weighted by molar-refractivity contribution is 9.10. The number of rotatable bonds is 8. The first-order chi connectivity index (χ1) is 15.1. The number of amides is 1. The molecule has 1 aliphatic rings. The Labute approximate surface area is 197 Å². The van der Waals surface area contributed by atoms with E-state index in [0.29, 0.717) is 24.7 Å². The fraction of sp³-hybridized carbons (Fsp3) is 0.381. The summed E-state index contributed by atoms with van der Waals surface area (Å²) in [4.78, 5) is 12.5. The SMILES string of the molecule is CC1CCCN(S(=O)(=O)c2ccc(NC(=O)CCNS(=O)(=O)c3ccc(Br)cc3)cc2)C1. The average Bonchev–Trinajstić information content (AvgIpc) is 2.74. The molecular formula is C21H26BrN3O5S2. The second kappa shape index (κ2) is 10.4. The van der Waals surface area contributed by atoms with Crippen molar-refractivity contribution in [2.75, 3.05) is 25.0 Å². The van der Waals surface area contributed by atoms with Crippen molar-refractivity contribution < 1.29 is 21.6 Å². The molecule has 8 nitrogen and oxygen atoms in total. The number of hydrogen-bond donors (Lipinski definition) is 2. The lowest BCUT2D eigenvalue weighted by atomic mass is 10.0. The van der Waals surface area contributed by atoms with E-state index in [1.807, 2.05) is 6.92 Å². The zero-order valence-electron chi connectivity index (χ0n) is 17.6. The van der Waals surface area contributed by atoms with Gasteiger partial charge in [0.1, 0.15) is 0 Å².